The fraction of sp³-hybridized carbons (Fsp3) is 0.364. The molecule has 0 aromatic heterocycles. The predicted molar refractivity (Wildman–Crippen MR) is 66.9 cm³/mol. The van der Waals surface area contributed by atoms with Gasteiger partial charge in [0.2, 0.25) is 10.0 Å². The van der Waals surface area contributed by atoms with Gasteiger partial charge in [0.25, 0.3) is 0 Å². The van der Waals surface area contributed by atoms with E-state index in [0.29, 0.717) is 0 Å². The van der Waals surface area contributed by atoms with E-state index >= 15 is 0 Å². The zero-order chi connectivity index (χ0) is 14.6. The van der Waals surface area contributed by atoms with E-state index in [9.17, 15) is 13.2 Å². The van der Waals surface area contributed by atoms with Crippen molar-refractivity contribution in [1.82, 2.24) is 0 Å². The molecule has 0 aliphatic carbocycles. The summed E-state index contributed by atoms with van der Waals surface area (Å²) in [5.74, 6) is -0.568. The summed E-state index contributed by atoms with van der Waals surface area (Å²) in [6.45, 7) is 1.78. The van der Waals surface area contributed by atoms with E-state index in [2.05, 4.69) is 0 Å². The Kier molecular flexibility index (Phi) is 4.73. The van der Waals surface area contributed by atoms with Crippen molar-refractivity contribution in [3.05, 3.63) is 17.7 Å². The van der Waals surface area contributed by atoms with E-state index in [1.54, 1.807) is 6.92 Å². The molecule has 106 valence electrons. The maximum Gasteiger partial charge on any atom is 0.341 e. The largest absolute Gasteiger partial charge is 0.496 e. The molecule has 19 heavy (non-hydrogen) atoms. The van der Waals surface area contributed by atoms with Crippen LogP contribution in [0.1, 0.15) is 17.3 Å². The number of carbonyl (C=O) groups excluding carboxylic acids is 1. The van der Waals surface area contributed by atoms with Gasteiger partial charge in [-0.1, -0.05) is 0 Å². The molecular weight excluding hydrogens is 274 g/mol. The molecule has 0 aliphatic heterocycles. The Morgan fingerprint density at radius 3 is 2.21 bits per heavy atom. The number of rotatable bonds is 5. The number of ether oxygens (including phenoxy) is 3. The normalized spacial score (nSPS) is 10.9. The molecule has 7 nitrogen and oxygen atoms in total. The van der Waals surface area contributed by atoms with Crippen molar-refractivity contribution in [3.8, 4) is 11.5 Å². The second-order valence-electron chi connectivity index (χ2n) is 3.47. The number of esters is 1. The molecule has 8 heteroatoms. The zero-order valence-corrected chi connectivity index (χ0v) is 11.6. The van der Waals surface area contributed by atoms with E-state index in [-0.39, 0.29) is 28.6 Å². The molecule has 0 atom stereocenters. The molecule has 1 rings (SSSR count). The van der Waals surface area contributed by atoms with Crippen LogP contribution in [0, 0.1) is 0 Å². The number of benzene rings is 1. The highest BCUT2D eigenvalue weighted by molar-refractivity contribution is 7.89. The fourth-order valence-electron chi connectivity index (χ4n) is 1.46. The van der Waals surface area contributed by atoms with Crippen molar-refractivity contribution < 1.29 is 27.4 Å². The zero-order valence-electron chi connectivity index (χ0n) is 10.8. The van der Waals surface area contributed by atoms with Gasteiger partial charge >= 0.3 is 5.97 Å². The first-order chi connectivity index (χ1) is 8.85. The summed E-state index contributed by atoms with van der Waals surface area (Å²) < 4.78 is 37.6. The lowest BCUT2D eigenvalue weighted by molar-refractivity contribution is 0.0522. The van der Waals surface area contributed by atoms with Gasteiger partial charge in [-0.2, -0.15) is 0 Å². The molecule has 0 heterocycles. The predicted octanol–water partition coefficient (Wildman–Crippen LogP) is 0.528. The van der Waals surface area contributed by atoms with Gasteiger partial charge < -0.3 is 14.2 Å². The maximum atomic E-state index is 11.7. The van der Waals surface area contributed by atoms with Crippen molar-refractivity contribution in [1.29, 1.82) is 0 Å². The minimum Gasteiger partial charge on any atom is -0.496 e. The van der Waals surface area contributed by atoms with Gasteiger partial charge in [0.15, 0.2) is 0 Å². The van der Waals surface area contributed by atoms with E-state index < -0.39 is 16.0 Å². The minimum absolute atomic E-state index is 0.00704. The molecule has 0 fully saturated rings. The molecule has 1 aromatic carbocycles. The first kappa shape index (κ1) is 15.3. The Labute approximate surface area is 111 Å². The SMILES string of the molecule is CCOC(=O)c1cc(S(N)(=O)=O)c(OC)cc1OC. The highest BCUT2D eigenvalue weighted by atomic mass is 32.2. The Morgan fingerprint density at radius 1 is 1.21 bits per heavy atom. The molecule has 2 N–H and O–H groups in total. The van der Waals surface area contributed by atoms with Crippen molar-refractivity contribution in [2.75, 3.05) is 20.8 Å². The Morgan fingerprint density at radius 2 is 1.79 bits per heavy atom. The van der Waals surface area contributed by atoms with Crippen LogP contribution in [-0.4, -0.2) is 35.2 Å². The average Bonchev–Trinajstić information content (AvgIpc) is 2.36. The summed E-state index contributed by atoms with van der Waals surface area (Å²) in [5.41, 5.74) is -0.0332. The highest BCUT2D eigenvalue weighted by Crippen LogP contribution is 2.31. The monoisotopic (exact) mass is 289 g/mol. The average molecular weight is 289 g/mol. The number of sulfonamides is 1. The molecule has 0 radical (unpaired) electrons. The lowest BCUT2D eigenvalue weighted by atomic mass is 10.2. The maximum absolute atomic E-state index is 11.7. The van der Waals surface area contributed by atoms with Crippen LogP contribution in [0.2, 0.25) is 0 Å². The van der Waals surface area contributed by atoms with Crippen LogP contribution in [0.5, 0.6) is 11.5 Å². The van der Waals surface area contributed by atoms with Crippen molar-refractivity contribution >= 4 is 16.0 Å². The van der Waals surface area contributed by atoms with Crippen LogP contribution < -0.4 is 14.6 Å². The minimum atomic E-state index is -4.03. The Balaban J connectivity index is 3.51. The topological polar surface area (TPSA) is 105 Å². The Bertz CT molecular complexity index is 581. The summed E-state index contributed by atoms with van der Waals surface area (Å²) in [6, 6.07) is 2.34. The third kappa shape index (κ3) is 3.36. The third-order valence-corrected chi connectivity index (χ3v) is 3.22. The van der Waals surface area contributed by atoms with Gasteiger partial charge in [-0.3, -0.25) is 0 Å². The van der Waals surface area contributed by atoms with E-state index in [4.69, 9.17) is 19.3 Å². The molecule has 0 bridgehead atoms. The first-order valence-electron chi connectivity index (χ1n) is 5.31. The van der Waals surface area contributed by atoms with Crippen LogP contribution in [-0.2, 0) is 14.8 Å². The van der Waals surface area contributed by atoms with Crippen LogP contribution in [0.3, 0.4) is 0 Å². The fourth-order valence-corrected chi connectivity index (χ4v) is 2.17. The number of methoxy groups -OCH3 is 2. The number of hydrogen-bond donors (Lipinski definition) is 1. The smallest absolute Gasteiger partial charge is 0.341 e. The van der Waals surface area contributed by atoms with Gasteiger partial charge in [-0.05, 0) is 13.0 Å². The van der Waals surface area contributed by atoms with Crippen LogP contribution in [0.4, 0.5) is 0 Å². The van der Waals surface area contributed by atoms with Gasteiger partial charge in [0, 0.05) is 6.07 Å². The third-order valence-electron chi connectivity index (χ3n) is 2.29. The van der Waals surface area contributed by atoms with Gasteiger partial charge in [0.05, 0.1) is 20.8 Å². The number of carbonyl (C=O) groups is 1. The van der Waals surface area contributed by atoms with Crippen LogP contribution in [0.25, 0.3) is 0 Å². The van der Waals surface area contributed by atoms with E-state index in [1.165, 1.54) is 20.3 Å². The molecular formula is C11H15NO6S. The highest BCUT2D eigenvalue weighted by Gasteiger charge is 2.23. The van der Waals surface area contributed by atoms with Crippen molar-refractivity contribution in [3.63, 3.8) is 0 Å². The molecule has 0 saturated carbocycles. The van der Waals surface area contributed by atoms with E-state index in [0.717, 1.165) is 6.07 Å². The number of nitrogens with two attached hydrogens (primary N) is 1. The van der Waals surface area contributed by atoms with Gasteiger partial charge in [-0.25, -0.2) is 18.4 Å². The molecule has 0 aliphatic rings. The summed E-state index contributed by atoms with van der Waals surface area (Å²) in [5, 5.41) is 5.07. The lowest BCUT2D eigenvalue weighted by Gasteiger charge is -2.12. The van der Waals surface area contributed by atoms with Crippen molar-refractivity contribution in [2.45, 2.75) is 11.8 Å². The summed E-state index contributed by atoms with van der Waals surface area (Å²) >= 11 is 0. The van der Waals surface area contributed by atoms with Gasteiger partial charge in [0.1, 0.15) is 22.0 Å². The summed E-state index contributed by atoms with van der Waals surface area (Å²) in [4.78, 5) is 11.4. The van der Waals surface area contributed by atoms with Crippen molar-refractivity contribution in [2.24, 2.45) is 5.14 Å². The summed E-state index contributed by atoms with van der Waals surface area (Å²) in [6.07, 6.45) is 0. The Hall–Kier alpha value is -1.80. The summed E-state index contributed by atoms with van der Waals surface area (Å²) in [7, 11) is -1.40. The van der Waals surface area contributed by atoms with Gasteiger partial charge in [-0.15, -0.1) is 0 Å². The molecule has 0 spiro atoms. The molecule has 0 saturated heterocycles. The quantitative estimate of drug-likeness (QED) is 0.793. The van der Waals surface area contributed by atoms with Crippen LogP contribution >= 0.6 is 0 Å². The van der Waals surface area contributed by atoms with E-state index in [1.807, 2.05) is 0 Å². The second-order valence-corrected chi connectivity index (χ2v) is 5.00. The second kappa shape index (κ2) is 5.89. The number of hydrogen-bond acceptors (Lipinski definition) is 6. The standard InChI is InChI=1S/C11H15NO6S/c1-4-18-11(13)7-5-10(19(12,14)15)9(17-3)6-8(7)16-2/h5-6H,4H2,1-3H3,(H2,12,14,15). The molecule has 0 amide bonds. The number of primary sulfonamides is 1. The molecule has 0 unspecified atom stereocenters. The first-order valence-corrected chi connectivity index (χ1v) is 6.85. The molecule has 1 aromatic rings. The lowest BCUT2D eigenvalue weighted by Crippen LogP contribution is -2.16. The van der Waals surface area contributed by atoms with Crippen LogP contribution in [0.15, 0.2) is 17.0 Å².